The Hall–Kier alpha value is -2.77. The number of carbonyl (C=O) groups is 3. The highest BCUT2D eigenvalue weighted by molar-refractivity contribution is 6.09. The molecular weight excluding hydrogens is 350 g/mol. The zero-order chi connectivity index (χ0) is 19.6. The van der Waals surface area contributed by atoms with Crippen LogP contribution in [0.4, 0.5) is 4.79 Å². The van der Waals surface area contributed by atoms with Crippen molar-refractivity contribution in [3.05, 3.63) is 23.8 Å². The monoisotopic (exact) mass is 375 g/mol. The number of nitrogens with one attached hydrogen (secondary N) is 2. The van der Waals surface area contributed by atoms with Gasteiger partial charge in [-0.15, -0.1) is 0 Å². The molecule has 3 rings (SSSR count). The third-order valence-electron chi connectivity index (χ3n) is 5.23. The predicted molar refractivity (Wildman–Crippen MR) is 97.4 cm³/mol. The molecule has 0 aromatic heterocycles. The number of methoxy groups -OCH3 is 1. The van der Waals surface area contributed by atoms with Crippen molar-refractivity contribution in [2.24, 2.45) is 5.92 Å². The number of benzene rings is 1. The first kappa shape index (κ1) is 19.0. The van der Waals surface area contributed by atoms with Gasteiger partial charge in [0.2, 0.25) is 0 Å². The number of carbonyl (C=O) groups excluding carboxylic acids is 3. The number of urea groups is 1. The van der Waals surface area contributed by atoms with E-state index in [1.807, 2.05) is 6.92 Å². The van der Waals surface area contributed by atoms with Crippen molar-refractivity contribution in [2.45, 2.75) is 45.1 Å². The molecule has 2 fully saturated rings. The fourth-order valence-electron chi connectivity index (χ4n) is 3.57. The van der Waals surface area contributed by atoms with Crippen LogP contribution in [0.1, 0.15) is 49.9 Å². The van der Waals surface area contributed by atoms with Crippen molar-refractivity contribution in [1.29, 1.82) is 0 Å². The van der Waals surface area contributed by atoms with Crippen molar-refractivity contribution in [3.63, 3.8) is 0 Å². The molecule has 1 aromatic rings. The zero-order valence-electron chi connectivity index (χ0n) is 15.8. The second-order valence-corrected chi connectivity index (χ2v) is 7.07. The van der Waals surface area contributed by atoms with E-state index in [-0.39, 0.29) is 5.56 Å². The summed E-state index contributed by atoms with van der Waals surface area (Å²) < 4.78 is 10.7. The molecule has 4 amide bonds. The van der Waals surface area contributed by atoms with Crippen LogP contribution in [-0.2, 0) is 4.79 Å². The van der Waals surface area contributed by atoms with Gasteiger partial charge in [-0.1, -0.05) is 6.92 Å². The fraction of sp³-hybridized carbons (Fsp3) is 0.526. The normalized spacial score (nSPS) is 24.7. The Morgan fingerprint density at radius 1 is 1.30 bits per heavy atom. The standard InChI is InChI=1S/C19H25N3O5/c1-4-27-15-11-13(5-6-14(15)26-3)16(23)21-22-17(24)19(20-18(22)25)9-7-12(2)8-10-19/h5-6,11-12H,4,7-10H2,1-3H3,(H,20,25)(H,21,23). The maximum atomic E-state index is 12.8. The van der Waals surface area contributed by atoms with Gasteiger partial charge in [0.05, 0.1) is 13.7 Å². The highest BCUT2D eigenvalue weighted by Gasteiger charge is 2.52. The number of hydrazine groups is 1. The van der Waals surface area contributed by atoms with Crippen LogP contribution < -0.4 is 20.2 Å². The van der Waals surface area contributed by atoms with Crippen LogP contribution in [0.5, 0.6) is 11.5 Å². The van der Waals surface area contributed by atoms with Gasteiger partial charge >= 0.3 is 6.03 Å². The molecule has 1 aliphatic heterocycles. The van der Waals surface area contributed by atoms with Crippen LogP contribution in [0.3, 0.4) is 0 Å². The minimum Gasteiger partial charge on any atom is -0.493 e. The molecule has 146 valence electrons. The average molecular weight is 375 g/mol. The van der Waals surface area contributed by atoms with Crippen LogP contribution in [0.2, 0.25) is 0 Å². The van der Waals surface area contributed by atoms with Crippen LogP contribution in [-0.4, -0.2) is 42.1 Å². The number of hydrogen-bond donors (Lipinski definition) is 2. The molecule has 2 N–H and O–H groups in total. The molecule has 1 saturated heterocycles. The van der Waals surface area contributed by atoms with Gasteiger partial charge in [-0.05, 0) is 56.7 Å². The summed E-state index contributed by atoms with van der Waals surface area (Å²) in [4.78, 5) is 37.7. The third-order valence-corrected chi connectivity index (χ3v) is 5.23. The third kappa shape index (κ3) is 3.56. The molecule has 0 radical (unpaired) electrons. The molecule has 0 bridgehead atoms. The summed E-state index contributed by atoms with van der Waals surface area (Å²) >= 11 is 0. The van der Waals surface area contributed by atoms with Crippen molar-refractivity contribution in [1.82, 2.24) is 15.8 Å². The van der Waals surface area contributed by atoms with Gasteiger partial charge < -0.3 is 14.8 Å². The molecule has 0 atom stereocenters. The smallest absolute Gasteiger partial charge is 0.344 e. The Kier molecular flexibility index (Phi) is 5.25. The summed E-state index contributed by atoms with van der Waals surface area (Å²) in [5.74, 6) is 0.483. The highest BCUT2D eigenvalue weighted by Crippen LogP contribution is 2.36. The zero-order valence-corrected chi connectivity index (χ0v) is 15.8. The lowest BCUT2D eigenvalue weighted by molar-refractivity contribution is -0.134. The molecule has 27 heavy (non-hydrogen) atoms. The second kappa shape index (κ2) is 7.46. The summed E-state index contributed by atoms with van der Waals surface area (Å²) in [5.41, 5.74) is 1.79. The molecule has 2 aliphatic rings. The molecule has 1 heterocycles. The van der Waals surface area contributed by atoms with E-state index in [0.717, 1.165) is 17.9 Å². The number of amides is 4. The second-order valence-electron chi connectivity index (χ2n) is 7.07. The van der Waals surface area contributed by atoms with E-state index in [1.165, 1.54) is 13.2 Å². The largest absolute Gasteiger partial charge is 0.493 e. The van der Waals surface area contributed by atoms with E-state index < -0.39 is 23.4 Å². The summed E-state index contributed by atoms with van der Waals surface area (Å²) in [5, 5.41) is 3.57. The quantitative estimate of drug-likeness (QED) is 0.770. The number of imide groups is 1. The predicted octanol–water partition coefficient (Wildman–Crippen LogP) is 2.24. The van der Waals surface area contributed by atoms with Gasteiger partial charge in [-0.2, -0.15) is 5.01 Å². The summed E-state index contributed by atoms with van der Waals surface area (Å²) in [6.07, 6.45) is 2.90. The van der Waals surface area contributed by atoms with E-state index in [1.54, 1.807) is 12.1 Å². The highest BCUT2D eigenvalue weighted by atomic mass is 16.5. The minimum absolute atomic E-state index is 0.262. The molecule has 1 spiro atoms. The van der Waals surface area contributed by atoms with Crippen molar-refractivity contribution >= 4 is 17.8 Å². The lowest BCUT2D eigenvalue weighted by Gasteiger charge is -2.33. The van der Waals surface area contributed by atoms with E-state index in [9.17, 15) is 14.4 Å². The molecule has 1 aromatic carbocycles. The number of ether oxygens (including phenoxy) is 2. The van der Waals surface area contributed by atoms with E-state index >= 15 is 0 Å². The molecule has 0 unspecified atom stereocenters. The van der Waals surface area contributed by atoms with Gasteiger partial charge in [0, 0.05) is 5.56 Å². The van der Waals surface area contributed by atoms with Crippen LogP contribution in [0, 0.1) is 5.92 Å². The van der Waals surface area contributed by atoms with Gasteiger partial charge in [0.25, 0.3) is 11.8 Å². The number of rotatable bonds is 5. The first-order valence-electron chi connectivity index (χ1n) is 9.18. The minimum atomic E-state index is -0.896. The van der Waals surface area contributed by atoms with Gasteiger partial charge in [-0.3, -0.25) is 15.0 Å². The molecule has 1 saturated carbocycles. The first-order valence-corrected chi connectivity index (χ1v) is 9.18. The Morgan fingerprint density at radius 3 is 2.63 bits per heavy atom. The van der Waals surface area contributed by atoms with Crippen LogP contribution in [0.15, 0.2) is 18.2 Å². The Morgan fingerprint density at radius 2 is 2.00 bits per heavy atom. The summed E-state index contributed by atoms with van der Waals surface area (Å²) in [6.45, 7) is 4.37. The Bertz CT molecular complexity index is 756. The first-order chi connectivity index (χ1) is 12.9. The number of hydrogen-bond acceptors (Lipinski definition) is 5. The van der Waals surface area contributed by atoms with Crippen molar-refractivity contribution < 1.29 is 23.9 Å². The topological polar surface area (TPSA) is 97.0 Å². The van der Waals surface area contributed by atoms with E-state index in [2.05, 4.69) is 17.7 Å². The molecular formula is C19H25N3O5. The summed E-state index contributed by atoms with van der Waals surface area (Å²) in [7, 11) is 1.51. The van der Waals surface area contributed by atoms with Crippen molar-refractivity contribution in [3.8, 4) is 11.5 Å². The maximum Gasteiger partial charge on any atom is 0.344 e. The SMILES string of the molecule is CCOc1cc(C(=O)NN2C(=O)NC3(CCC(C)CC3)C2=O)ccc1OC. The van der Waals surface area contributed by atoms with Gasteiger partial charge in [-0.25, -0.2) is 4.79 Å². The number of nitrogens with zero attached hydrogens (tertiary/aromatic N) is 1. The lowest BCUT2D eigenvalue weighted by atomic mass is 9.77. The molecule has 1 aliphatic carbocycles. The lowest BCUT2D eigenvalue weighted by Crippen LogP contribution is -2.51. The van der Waals surface area contributed by atoms with E-state index in [0.29, 0.717) is 36.9 Å². The molecule has 8 nitrogen and oxygen atoms in total. The van der Waals surface area contributed by atoms with Gasteiger partial charge in [0.1, 0.15) is 5.54 Å². The fourth-order valence-corrected chi connectivity index (χ4v) is 3.57. The van der Waals surface area contributed by atoms with Gasteiger partial charge in [0.15, 0.2) is 11.5 Å². The van der Waals surface area contributed by atoms with Crippen molar-refractivity contribution in [2.75, 3.05) is 13.7 Å². The summed E-state index contributed by atoms with van der Waals surface area (Å²) in [6, 6.07) is 4.08. The molecule has 8 heteroatoms. The van der Waals surface area contributed by atoms with Crippen LogP contribution >= 0.6 is 0 Å². The van der Waals surface area contributed by atoms with E-state index in [4.69, 9.17) is 9.47 Å². The Balaban J connectivity index is 1.75. The Labute approximate surface area is 158 Å². The van der Waals surface area contributed by atoms with Crippen LogP contribution in [0.25, 0.3) is 0 Å². The average Bonchev–Trinajstić information content (AvgIpc) is 2.88. The maximum absolute atomic E-state index is 12.8.